The number of allylic oxidation sites excluding steroid dienone is 1. The highest BCUT2D eigenvalue weighted by Crippen LogP contribution is 2.24. The van der Waals surface area contributed by atoms with Crippen LogP contribution in [0.1, 0.15) is 69.4 Å². The summed E-state index contributed by atoms with van der Waals surface area (Å²) in [6.45, 7) is 2.28. The molecule has 0 aromatic heterocycles. The van der Waals surface area contributed by atoms with Crippen LogP contribution in [0.2, 0.25) is 0 Å². The Morgan fingerprint density at radius 2 is 1.26 bits per heavy atom. The maximum absolute atomic E-state index is 2.35. The second kappa shape index (κ2) is 10.8. The van der Waals surface area contributed by atoms with E-state index < -0.39 is 0 Å². The van der Waals surface area contributed by atoms with E-state index >= 15 is 0 Å². The Hall–Kier alpha value is -1.82. The molecule has 0 saturated carbocycles. The monoisotopic (exact) mass is 306 g/mol. The predicted octanol–water partition coefficient (Wildman–Crippen LogP) is 7.37. The molecule has 122 valence electrons. The van der Waals surface area contributed by atoms with Gasteiger partial charge in [0.1, 0.15) is 0 Å². The molecule has 2 aromatic carbocycles. The van der Waals surface area contributed by atoms with Crippen LogP contribution in [0, 0.1) is 0 Å². The first-order valence-electron chi connectivity index (χ1n) is 9.21. The minimum atomic E-state index is 1.17. The summed E-state index contributed by atoms with van der Waals surface area (Å²) >= 11 is 0. The van der Waals surface area contributed by atoms with Crippen molar-refractivity contribution in [1.82, 2.24) is 0 Å². The molecule has 2 rings (SSSR count). The molecule has 0 spiro atoms. The van der Waals surface area contributed by atoms with Gasteiger partial charge in [0.2, 0.25) is 0 Å². The number of hydrogen-bond acceptors (Lipinski definition) is 0. The molecule has 0 aliphatic heterocycles. The van der Waals surface area contributed by atoms with Gasteiger partial charge in [-0.2, -0.15) is 0 Å². The molecule has 0 aliphatic rings. The normalized spacial score (nSPS) is 11.6. The second-order valence-electron chi connectivity index (χ2n) is 6.32. The first-order chi connectivity index (χ1) is 11.4. The largest absolute Gasteiger partial charge is 0.0654 e. The molecule has 23 heavy (non-hydrogen) atoms. The lowest BCUT2D eigenvalue weighted by molar-refractivity contribution is 0.594. The number of hydrogen-bond donors (Lipinski definition) is 0. The lowest BCUT2D eigenvalue weighted by Gasteiger charge is -2.09. The first-order valence-corrected chi connectivity index (χ1v) is 9.21. The van der Waals surface area contributed by atoms with Crippen LogP contribution in [-0.2, 0) is 0 Å². The van der Waals surface area contributed by atoms with Gasteiger partial charge in [0.15, 0.2) is 0 Å². The molecular weight excluding hydrogens is 276 g/mol. The maximum Gasteiger partial charge on any atom is -0.0224 e. The van der Waals surface area contributed by atoms with Gasteiger partial charge >= 0.3 is 0 Å². The molecule has 0 N–H and O–H groups in total. The summed E-state index contributed by atoms with van der Waals surface area (Å²) in [7, 11) is 0. The summed E-state index contributed by atoms with van der Waals surface area (Å²) in [4.78, 5) is 0. The number of benzene rings is 2. The van der Waals surface area contributed by atoms with E-state index in [0.717, 1.165) is 0 Å². The van der Waals surface area contributed by atoms with Crippen LogP contribution in [0.5, 0.6) is 0 Å². The van der Waals surface area contributed by atoms with Crippen molar-refractivity contribution in [1.29, 1.82) is 0 Å². The number of unbranched alkanes of at least 4 members (excludes halogenated alkanes) is 6. The zero-order valence-electron chi connectivity index (χ0n) is 14.5. The van der Waals surface area contributed by atoms with Crippen molar-refractivity contribution in [2.24, 2.45) is 0 Å². The van der Waals surface area contributed by atoms with E-state index in [0.29, 0.717) is 0 Å². The Bertz CT molecular complexity index is 551. The summed E-state index contributed by atoms with van der Waals surface area (Å²) in [6.07, 6.45) is 13.1. The van der Waals surface area contributed by atoms with E-state index in [1.54, 1.807) is 0 Å². The van der Waals surface area contributed by atoms with Crippen LogP contribution in [0.15, 0.2) is 60.7 Å². The number of rotatable bonds is 10. The molecule has 2 aromatic rings. The minimum absolute atomic E-state index is 1.17. The average Bonchev–Trinajstić information content (AvgIpc) is 2.61. The van der Waals surface area contributed by atoms with Gasteiger partial charge in [-0.15, -0.1) is 0 Å². The van der Waals surface area contributed by atoms with Crippen molar-refractivity contribution in [2.75, 3.05) is 0 Å². The van der Waals surface area contributed by atoms with Crippen LogP contribution in [0.25, 0.3) is 11.6 Å². The molecule has 0 saturated heterocycles. The molecule has 0 radical (unpaired) electrons. The highest BCUT2D eigenvalue weighted by molar-refractivity contribution is 5.81. The molecule has 0 bridgehead atoms. The molecule has 0 fully saturated rings. The van der Waals surface area contributed by atoms with E-state index in [1.807, 2.05) is 0 Å². The van der Waals surface area contributed by atoms with Crippen molar-refractivity contribution in [3.05, 3.63) is 71.8 Å². The van der Waals surface area contributed by atoms with E-state index in [9.17, 15) is 0 Å². The van der Waals surface area contributed by atoms with Gasteiger partial charge in [-0.1, -0.05) is 112 Å². The van der Waals surface area contributed by atoms with Gasteiger partial charge in [0.25, 0.3) is 0 Å². The van der Waals surface area contributed by atoms with Crippen molar-refractivity contribution in [2.45, 2.75) is 58.3 Å². The van der Waals surface area contributed by atoms with E-state index in [2.05, 4.69) is 73.7 Å². The van der Waals surface area contributed by atoms with Crippen LogP contribution in [0.4, 0.5) is 0 Å². The fourth-order valence-corrected chi connectivity index (χ4v) is 2.98. The Labute approximate surface area is 142 Å². The summed E-state index contributed by atoms with van der Waals surface area (Å²) in [6, 6.07) is 21.5. The van der Waals surface area contributed by atoms with Crippen LogP contribution in [-0.4, -0.2) is 0 Å². The summed E-state index contributed by atoms with van der Waals surface area (Å²) in [5, 5.41) is 0. The zero-order valence-corrected chi connectivity index (χ0v) is 14.5. The fraction of sp³-hybridized carbons (Fsp3) is 0.391. The molecule has 0 atom stereocenters. The smallest absolute Gasteiger partial charge is 0.0224 e. The second-order valence-corrected chi connectivity index (χ2v) is 6.32. The van der Waals surface area contributed by atoms with Crippen LogP contribution in [0.3, 0.4) is 0 Å². The summed E-state index contributed by atoms with van der Waals surface area (Å²) in [5.74, 6) is 0. The van der Waals surface area contributed by atoms with E-state index in [1.165, 1.54) is 68.1 Å². The van der Waals surface area contributed by atoms with Crippen molar-refractivity contribution in [3.8, 4) is 0 Å². The minimum Gasteiger partial charge on any atom is -0.0654 e. The Morgan fingerprint density at radius 1 is 0.696 bits per heavy atom. The van der Waals surface area contributed by atoms with Crippen molar-refractivity contribution >= 4 is 11.6 Å². The summed E-state index contributed by atoms with van der Waals surface area (Å²) in [5.41, 5.74) is 4.13. The lowest BCUT2D eigenvalue weighted by atomic mass is 9.97. The van der Waals surface area contributed by atoms with Gasteiger partial charge < -0.3 is 0 Å². The van der Waals surface area contributed by atoms with E-state index in [4.69, 9.17) is 0 Å². The Morgan fingerprint density at radius 3 is 1.91 bits per heavy atom. The lowest BCUT2D eigenvalue weighted by Crippen LogP contribution is -1.87. The molecule has 0 aliphatic carbocycles. The van der Waals surface area contributed by atoms with Gasteiger partial charge in [-0.05, 0) is 29.5 Å². The van der Waals surface area contributed by atoms with Gasteiger partial charge in [0.05, 0.1) is 0 Å². The van der Waals surface area contributed by atoms with Gasteiger partial charge in [-0.3, -0.25) is 0 Å². The van der Waals surface area contributed by atoms with Gasteiger partial charge in [0, 0.05) is 0 Å². The third-order valence-corrected chi connectivity index (χ3v) is 4.33. The Kier molecular flexibility index (Phi) is 8.26. The fourth-order valence-electron chi connectivity index (χ4n) is 2.98. The van der Waals surface area contributed by atoms with Crippen LogP contribution >= 0.6 is 0 Å². The van der Waals surface area contributed by atoms with Crippen LogP contribution < -0.4 is 0 Å². The van der Waals surface area contributed by atoms with Crippen molar-refractivity contribution < 1.29 is 0 Å². The predicted molar refractivity (Wildman–Crippen MR) is 103 cm³/mol. The SMILES string of the molecule is CCCCCCCCC/C(=C/c1ccccc1)c1ccccc1. The molecule has 0 heteroatoms. The molecule has 0 amide bonds. The third-order valence-electron chi connectivity index (χ3n) is 4.33. The molecule has 0 heterocycles. The Balaban J connectivity index is 1.92. The third kappa shape index (κ3) is 6.86. The first kappa shape index (κ1) is 17.5. The summed E-state index contributed by atoms with van der Waals surface area (Å²) < 4.78 is 0. The zero-order chi connectivity index (χ0) is 16.2. The van der Waals surface area contributed by atoms with Crippen molar-refractivity contribution in [3.63, 3.8) is 0 Å². The molecule has 0 unspecified atom stereocenters. The quantitative estimate of drug-likeness (QED) is 0.317. The highest BCUT2D eigenvalue weighted by atomic mass is 14.1. The van der Waals surface area contributed by atoms with Gasteiger partial charge in [-0.25, -0.2) is 0 Å². The highest BCUT2D eigenvalue weighted by Gasteiger charge is 2.02. The topological polar surface area (TPSA) is 0 Å². The average molecular weight is 306 g/mol. The molecular formula is C23H30. The van der Waals surface area contributed by atoms with E-state index in [-0.39, 0.29) is 0 Å². The molecule has 0 nitrogen and oxygen atoms in total. The standard InChI is InChI=1S/C23H30/c1-2-3-4-5-6-7-12-19-23(22-17-13-9-14-18-22)20-21-15-10-8-11-16-21/h8-11,13-18,20H,2-7,12,19H2,1H3/b23-20-. The maximum atomic E-state index is 2.35.